The van der Waals surface area contributed by atoms with E-state index in [4.69, 9.17) is 26.6 Å². The molecule has 1 saturated carbocycles. The van der Waals surface area contributed by atoms with Gasteiger partial charge in [-0.05, 0) is 12.8 Å². The zero-order valence-corrected chi connectivity index (χ0v) is 7.87. The molecule has 0 aromatic rings. The van der Waals surface area contributed by atoms with Crippen LogP contribution in [0.1, 0.15) is 19.3 Å². The molecule has 1 rings (SSSR count). The van der Waals surface area contributed by atoms with Gasteiger partial charge in [0.05, 0.1) is 0 Å². The molecule has 0 N–H and O–H groups in total. The molecule has 0 radical (unpaired) electrons. The Morgan fingerprint density at radius 1 is 1.44 bits per heavy atom. The molecular weight excluding hydrogens is 175 g/mol. The van der Waals surface area contributed by atoms with E-state index in [9.17, 15) is 0 Å². The molecular formula is C5H10Cl2OSi. The van der Waals surface area contributed by atoms with Crippen molar-refractivity contribution in [1.29, 1.82) is 0 Å². The molecule has 1 aliphatic carbocycles. The summed E-state index contributed by atoms with van der Waals surface area (Å²) in [4.78, 5) is 0. The quantitative estimate of drug-likeness (QED) is 0.474. The molecule has 0 amide bonds. The number of hydrogen-bond acceptors (Lipinski definition) is 1. The fourth-order valence-corrected chi connectivity index (χ4v) is 3.63. The number of halogens is 2. The Morgan fingerprint density at radius 2 is 2.00 bits per heavy atom. The summed E-state index contributed by atoms with van der Waals surface area (Å²) < 4.78 is 5.01. The Hall–Kier alpha value is 0.757. The van der Waals surface area contributed by atoms with E-state index in [0.717, 1.165) is 12.8 Å². The predicted molar refractivity (Wildman–Crippen MR) is 42.1 cm³/mol. The Bertz CT molecular complexity index is 103. The molecule has 54 valence electrons. The second kappa shape index (κ2) is 2.78. The van der Waals surface area contributed by atoms with Gasteiger partial charge in [0.2, 0.25) is 0 Å². The van der Waals surface area contributed by atoms with Crippen LogP contribution in [0.4, 0.5) is 0 Å². The smallest absolute Gasteiger partial charge is 0.392 e. The highest BCUT2D eigenvalue weighted by Gasteiger charge is 2.43. The fraction of sp³-hybridized carbons (Fsp3) is 1.00. The third kappa shape index (κ3) is 1.61. The molecule has 0 saturated heterocycles. The van der Waals surface area contributed by atoms with Gasteiger partial charge in [-0.3, -0.25) is 0 Å². The van der Waals surface area contributed by atoms with E-state index in [2.05, 4.69) is 0 Å². The second-order valence-electron chi connectivity index (χ2n) is 2.39. The highest BCUT2D eigenvalue weighted by molar-refractivity contribution is 7.43. The Kier molecular flexibility index (Phi) is 2.43. The van der Waals surface area contributed by atoms with E-state index in [1.54, 1.807) is 7.11 Å². The molecule has 1 nitrogen and oxygen atoms in total. The maximum atomic E-state index is 5.90. The van der Waals surface area contributed by atoms with Gasteiger partial charge in [0, 0.05) is 12.7 Å². The third-order valence-corrected chi connectivity index (χ3v) is 6.70. The lowest BCUT2D eigenvalue weighted by atomic mass is 10.00. The molecule has 9 heavy (non-hydrogen) atoms. The van der Waals surface area contributed by atoms with Crippen molar-refractivity contribution in [1.82, 2.24) is 0 Å². The molecule has 0 unspecified atom stereocenters. The van der Waals surface area contributed by atoms with Gasteiger partial charge in [0.25, 0.3) is 0 Å². The van der Waals surface area contributed by atoms with Gasteiger partial charge in [0.1, 0.15) is 0 Å². The van der Waals surface area contributed by atoms with Gasteiger partial charge >= 0.3 is 6.94 Å². The third-order valence-electron chi connectivity index (χ3n) is 1.85. The minimum atomic E-state index is -2.25. The van der Waals surface area contributed by atoms with E-state index < -0.39 is 6.94 Å². The minimum absolute atomic E-state index is 0.492. The molecule has 0 spiro atoms. The molecule has 0 aliphatic heterocycles. The zero-order valence-electron chi connectivity index (χ0n) is 5.36. The van der Waals surface area contributed by atoms with Crippen molar-refractivity contribution in [3.63, 3.8) is 0 Å². The van der Waals surface area contributed by atoms with Crippen LogP contribution in [0, 0.1) is 0 Å². The van der Waals surface area contributed by atoms with Crippen LogP contribution in [0.25, 0.3) is 0 Å². The van der Waals surface area contributed by atoms with E-state index in [0.29, 0.717) is 5.54 Å². The minimum Gasteiger partial charge on any atom is -0.395 e. The average Bonchev–Trinajstić information content (AvgIpc) is 1.60. The first-order chi connectivity index (χ1) is 4.17. The summed E-state index contributed by atoms with van der Waals surface area (Å²) in [6.45, 7) is -2.25. The van der Waals surface area contributed by atoms with Crippen LogP contribution < -0.4 is 0 Å². The molecule has 1 aliphatic rings. The number of hydrogen-bond donors (Lipinski definition) is 0. The van der Waals surface area contributed by atoms with Crippen molar-refractivity contribution in [2.45, 2.75) is 24.8 Å². The van der Waals surface area contributed by atoms with Gasteiger partial charge in [-0.1, -0.05) is 6.42 Å². The van der Waals surface area contributed by atoms with Crippen LogP contribution in [-0.4, -0.2) is 14.0 Å². The van der Waals surface area contributed by atoms with E-state index in [1.807, 2.05) is 0 Å². The Morgan fingerprint density at radius 3 is 2.11 bits per heavy atom. The lowest BCUT2D eigenvalue weighted by Crippen LogP contribution is -2.33. The Labute approximate surface area is 65.8 Å². The first-order valence-electron chi connectivity index (χ1n) is 3.10. The van der Waals surface area contributed by atoms with Gasteiger partial charge in [-0.25, -0.2) is 0 Å². The van der Waals surface area contributed by atoms with Gasteiger partial charge in [0.15, 0.2) is 0 Å². The van der Waals surface area contributed by atoms with Crippen molar-refractivity contribution in [2.24, 2.45) is 0 Å². The lowest BCUT2D eigenvalue weighted by Gasteiger charge is -2.32. The van der Waals surface area contributed by atoms with Crippen molar-refractivity contribution in [3.8, 4) is 0 Å². The highest BCUT2D eigenvalue weighted by atomic mass is 35.7. The first kappa shape index (κ1) is 7.86. The van der Waals surface area contributed by atoms with Gasteiger partial charge in [-0.2, -0.15) is 0 Å². The van der Waals surface area contributed by atoms with Crippen molar-refractivity contribution >= 4 is 29.1 Å². The van der Waals surface area contributed by atoms with Crippen LogP contribution in [-0.2, 0) is 4.43 Å². The molecule has 0 aromatic heterocycles. The standard InChI is InChI=1S/C5H10Cl2OSi/c1-8-9(6,7)5-3-2-4-5/h5H,2-4H2,1H3. The SMILES string of the molecule is CO[Si](Cl)(Cl)C1CCC1. The maximum Gasteiger partial charge on any atom is 0.392 e. The number of rotatable bonds is 2. The summed E-state index contributed by atoms with van der Waals surface area (Å²) in [5.41, 5.74) is 0.492. The summed E-state index contributed by atoms with van der Waals surface area (Å²) in [5.74, 6) is 0. The summed E-state index contributed by atoms with van der Waals surface area (Å²) >= 11 is 11.8. The lowest BCUT2D eigenvalue weighted by molar-refractivity contribution is 0.375. The largest absolute Gasteiger partial charge is 0.395 e. The maximum absolute atomic E-state index is 5.90. The summed E-state index contributed by atoms with van der Waals surface area (Å²) in [6, 6.07) is 0. The Balaban J connectivity index is 2.37. The van der Waals surface area contributed by atoms with E-state index >= 15 is 0 Å². The van der Waals surface area contributed by atoms with Crippen LogP contribution in [0.5, 0.6) is 0 Å². The van der Waals surface area contributed by atoms with Crippen LogP contribution in [0.15, 0.2) is 0 Å². The van der Waals surface area contributed by atoms with Gasteiger partial charge < -0.3 is 4.43 Å². The summed E-state index contributed by atoms with van der Waals surface area (Å²) in [7, 11) is 1.60. The molecule has 0 atom stereocenters. The summed E-state index contributed by atoms with van der Waals surface area (Å²) in [6.07, 6.45) is 3.59. The van der Waals surface area contributed by atoms with Gasteiger partial charge in [-0.15, -0.1) is 22.2 Å². The van der Waals surface area contributed by atoms with Crippen molar-refractivity contribution in [2.75, 3.05) is 7.11 Å². The average molecular weight is 185 g/mol. The monoisotopic (exact) mass is 184 g/mol. The predicted octanol–water partition coefficient (Wildman–Crippen LogP) is 2.60. The second-order valence-corrected chi connectivity index (χ2v) is 8.69. The molecule has 1 fully saturated rings. The highest BCUT2D eigenvalue weighted by Crippen LogP contribution is 2.45. The van der Waals surface area contributed by atoms with Crippen LogP contribution >= 0.6 is 22.2 Å². The summed E-state index contributed by atoms with van der Waals surface area (Å²) in [5, 5.41) is 0. The van der Waals surface area contributed by atoms with Crippen LogP contribution in [0.2, 0.25) is 5.54 Å². The van der Waals surface area contributed by atoms with Crippen molar-refractivity contribution < 1.29 is 4.43 Å². The molecule has 0 heterocycles. The fourth-order valence-electron chi connectivity index (χ4n) is 0.911. The first-order valence-corrected chi connectivity index (χ1v) is 7.10. The molecule has 0 aromatic carbocycles. The normalized spacial score (nSPS) is 21.7. The molecule has 0 bridgehead atoms. The molecule has 4 heteroatoms. The van der Waals surface area contributed by atoms with Crippen molar-refractivity contribution in [3.05, 3.63) is 0 Å². The van der Waals surface area contributed by atoms with E-state index in [1.165, 1.54) is 6.42 Å². The van der Waals surface area contributed by atoms with E-state index in [-0.39, 0.29) is 0 Å². The van der Waals surface area contributed by atoms with Crippen LogP contribution in [0.3, 0.4) is 0 Å². The topological polar surface area (TPSA) is 9.23 Å². The zero-order chi connectivity index (χ0) is 6.91.